The average Bonchev–Trinajstić information content (AvgIpc) is 3.53. The summed E-state index contributed by atoms with van der Waals surface area (Å²) in [5.74, 6) is -2.93. The minimum atomic E-state index is -1.05. The molecule has 1 saturated carbocycles. The van der Waals surface area contributed by atoms with Crippen molar-refractivity contribution >= 4 is 46.7 Å². The molecule has 3 amide bonds. The number of benzene rings is 2. The Hall–Kier alpha value is -2.96. The Morgan fingerprint density at radius 2 is 1.56 bits per heavy atom. The lowest BCUT2D eigenvalue weighted by Crippen LogP contribution is -2.57. The monoisotopic (exact) mass is 496 g/mol. The van der Waals surface area contributed by atoms with Gasteiger partial charge in [-0.1, -0.05) is 72.6 Å². The smallest absolute Gasteiger partial charge is 0.273 e. The molecule has 2 bridgehead atoms. The molecule has 5 rings (SSSR count). The van der Waals surface area contributed by atoms with E-state index in [1.165, 1.54) is 18.2 Å². The third-order valence-corrected chi connectivity index (χ3v) is 7.82. The predicted molar refractivity (Wildman–Crippen MR) is 127 cm³/mol. The van der Waals surface area contributed by atoms with E-state index in [0.717, 1.165) is 16.4 Å². The van der Waals surface area contributed by atoms with Crippen LogP contribution in [0, 0.1) is 23.7 Å². The first kappa shape index (κ1) is 22.8. The van der Waals surface area contributed by atoms with Crippen molar-refractivity contribution < 1.29 is 19.2 Å². The first-order valence-corrected chi connectivity index (χ1v) is 12.0. The van der Waals surface area contributed by atoms with E-state index in [-0.39, 0.29) is 39.6 Å². The highest BCUT2D eigenvalue weighted by atomic mass is 35.5. The fraction of sp³-hybridized carbons (Fsp3) is 0.308. The minimum absolute atomic E-state index is 0.0247. The largest absolute Gasteiger partial charge is 0.292 e. The molecule has 6 nitrogen and oxygen atoms in total. The molecule has 2 aromatic rings. The summed E-state index contributed by atoms with van der Waals surface area (Å²) < 4.78 is 0. The van der Waals surface area contributed by atoms with Crippen LogP contribution < -0.4 is 0 Å². The van der Waals surface area contributed by atoms with Crippen LogP contribution in [0.4, 0.5) is 0 Å². The Morgan fingerprint density at radius 1 is 0.941 bits per heavy atom. The highest BCUT2D eigenvalue weighted by Crippen LogP contribution is 2.53. The van der Waals surface area contributed by atoms with Crippen LogP contribution in [0.2, 0.25) is 10.0 Å². The zero-order valence-electron chi connectivity index (χ0n) is 18.4. The van der Waals surface area contributed by atoms with Crippen molar-refractivity contribution in [1.82, 2.24) is 10.0 Å². The lowest BCUT2D eigenvalue weighted by atomic mass is 9.85. The highest BCUT2D eigenvalue weighted by molar-refractivity contribution is 6.42. The molecule has 2 aromatic carbocycles. The molecule has 174 valence electrons. The number of carbonyl (C=O) groups excluding carboxylic acids is 4. The molecule has 5 atom stereocenters. The number of halogens is 2. The van der Waals surface area contributed by atoms with E-state index in [4.69, 9.17) is 23.2 Å². The number of carbonyl (C=O) groups is 4. The van der Waals surface area contributed by atoms with Crippen molar-refractivity contribution in [2.75, 3.05) is 0 Å². The quantitative estimate of drug-likeness (QED) is 0.326. The minimum Gasteiger partial charge on any atom is -0.292 e. The van der Waals surface area contributed by atoms with E-state index in [2.05, 4.69) is 0 Å². The summed E-state index contributed by atoms with van der Waals surface area (Å²) in [7, 11) is 0. The summed E-state index contributed by atoms with van der Waals surface area (Å²) in [4.78, 5) is 54.5. The van der Waals surface area contributed by atoms with Crippen molar-refractivity contribution in [3.05, 3.63) is 81.9 Å². The third kappa shape index (κ3) is 3.48. The zero-order chi connectivity index (χ0) is 24.1. The first-order valence-electron chi connectivity index (χ1n) is 11.3. The van der Waals surface area contributed by atoms with Gasteiger partial charge in [0.2, 0.25) is 0 Å². The number of fused-ring (bicyclic) bond motifs is 5. The van der Waals surface area contributed by atoms with Crippen LogP contribution in [-0.4, -0.2) is 39.6 Å². The lowest BCUT2D eigenvalue weighted by Gasteiger charge is -2.36. The van der Waals surface area contributed by atoms with Crippen molar-refractivity contribution in [1.29, 1.82) is 0 Å². The lowest BCUT2D eigenvalue weighted by molar-refractivity contribution is -0.157. The van der Waals surface area contributed by atoms with Gasteiger partial charge in [0.1, 0.15) is 6.04 Å². The molecule has 0 unspecified atom stereocenters. The van der Waals surface area contributed by atoms with Gasteiger partial charge in [-0.05, 0) is 42.9 Å². The van der Waals surface area contributed by atoms with E-state index < -0.39 is 35.6 Å². The molecule has 0 spiro atoms. The van der Waals surface area contributed by atoms with Gasteiger partial charge in [-0.25, -0.2) is 5.01 Å². The van der Waals surface area contributed by atoms with Crippen LogP contribution in [0.3, 0.4) is 0 Å². The first-order chi connectivity index (χ1) is 16.3. The number of nitrogens with zero attached hydrogens (tertiary/aromatic N) is 2. The molecule has 0 aromatic heterocycles. The summed E-state index contributed by atoms with van der Waals surface area (Å²) in [5.41, 5.74) is 0.523. The van der Waals surface area contributed by atoms with Crippen LogP contribution >= 0.6 is 23.2 Å². The fourth-order valence-corrected chi connectivity index (χ4v) is 5.79. The Balaban J connectivity index is 1.59. The summed E-state index contributed by atoms with van der Waals surface area (Å²) in [6.45, 7) is 1.75. The van der Waals surface area contributed by atoms with Crippen molar-refractivity contribution in [3.8, 4) is 0 Å². The number of Topliss-reactive ketones (excluding diaryl/α,β-unsaturated/α-hetero) is 1. The number of ketones is 1. The molecular formula is C26H22Cl2N2O4. The van der Waals surface area contributed by atoms with Crippen LogP contribution in [0.25, 0.3) is 0 Å². The van der Waals surface area contributed by atoms with Gasteiger partial charge in [-0.3, -0.25) is 19.2 Å². The highest BCUT2D eigenvalue weighted by Gasteiger charge is 2.62. The second-order valence-electron chi connectivity index (χ2n) is 8.92. The van der Waals surface area contributed by atoms with Gasteiger partial charge in [-0.15, -0.1) is 0 Å². The average molecular weight is 497 g/mol. The molecule has 0 N–H and O–H groups in total. The summed E-state index contributed by atoms with van der Waals surface area (Å²) in [6, 6.07) is 11.8. The molecule has 8 heteroatoms. The van der Waals surface area contributed by atoms with Crippen molar-refractivity contribution in [3.63, 3.8) is 0 Å². The third-order valence-electron chi connectivity index (χ3n) is 7.08. The Morgan fingerprint density at radius 3 is 2.12 bits per heavy atom. The number of imide groups is 1. The second-order valence-corrected chi connectivity index (χ2v) is 9.74. The van der Waals surface area contributed by atoms with Crippen LogP contribution in [0.5, 0.6) is 0 Å². The molecule has 1 heterocycles. The maximum absolute atomic E-state index is 13.8. The van der Waals surface area contributed by atoms with Crippen LogP contribution in [0.1, 0.15) is 40.5 Å². The number of allylic oxidation sites excluding steroid dienone is 2. The van der Waals surface area contributed by atoms with Crippen molar-refractivity contribution in [2.24, 2.45) is 23.7 Å². The molecule has 1 aliphatic heterocycles. The summed E-state index contributed by atoms with van der Waals surface area (Å²) in [5, 5.41) is 2.41. The maximum Gasteiger partial charge on any atom is 0.273 e. The molecule has 1 saturated heterocycles. The number of hydrazine groups is 1. The molecule has 2 aliphatic carbocycles. The van der Waals surface area contributed by atoms with E-state index in [1.54, 1.807) is 37.3 Å². The Bertz CT molecular complexity index is 1200. The van der Waals surface area contributed by atoms with Crippen LogP contribution in [-0.2, 0) is 9.59 Å². The van der Waals surface area contributed by atoms with E-state index in [1.807, 2.05) is 12.2 Å². The number of amides is 3. The molecular weight excluding hydrogens is 475 g/mol. The molecule has 3 aliphatic rings. The second kappa shape index (κ2) is 8.67. The van der Waals surface area contributed by atoms with Crippen molar-refractivity contribution in [2.45, 2.75) is 25.8 Å². The van der Waals surface area contributed by atoms with Gasteiger partial charge in [0.15, 0.2) is 5.78 Å². The van der Waals surface area contributed by atoms with Gasteiger partial charge >= 0.3 is 0 Å². The number of hydrogen-bond acceptors (Lipinski definition) is 4. The SMILES string of the molecule is CC[C@H](C(=O)c1ccccc1)N(C(=O)c1ccc(Cl)c(Cl)c1)N1C(=O)[C@@H]2[C@H](C1=O)[C@H]1C=C[C@H]2C1. The van der Waals surface area contributed by atoms with Crippen LogP contribution in [0.15, 0.2) is 60.7 Å². The van der Waals surface area contributed by atoms with Gasteiger partial charge in [-0.2, -0.15) is 5.01 Å². The Kier molecular flexibility index (Phi) is 5.82. The van der Waals surface area contributed by atoms with Gasteiger partial charge < -0.3 is 0 Å². The molecule has 0 radical (unpaired) electrons. The summed E-state index contributed by atoms with van der Waals surface area (Å²) >= 11 is 12.2. The van der Waals surface area contributed by atoms with E-state index >= 15 is 0 Å². The van der Waals surface area contributed by atoms with E-state index in [9.17, 15) is 19.2 Å². The fourth-order valence-electron chi connectivity index (χ4n) is 5.50. The van der Waals surface area contributed by atoms with E-state index in [0.29, 0.717) is 5.56 Å². The standard InChI is InChI=1S/C26H22Cl2N2O4/c1-2-20(23(31)14-6-4-3-5-7-14)29(24(32)17-10-11-18(27)19(28)13-17)30-25(33)21-15-8-9-16(12-15)22(21)26(30)34/h3-11,13,15-16,20-22H,2,12H2,1H3/t15-,16-,20+,21-,22+/m0/s1. The number of hydrogen-bond donors (Lipinski definition) is 0. The molecule has 34 heavy (non-hydrogen) atoms. The topological polar surface area (TPSA) is 74.8 Å². The zero-order valence-corrected chi connectivity index (χ0v) is 19.9. The predicted octanol–water partition coefficient (Wildman–Crippen LogP) is 4.82. The van der Waals surface area contributed by atoms with Gasteiger partial charge in [0, 0.05) is 11.1 Å². The Labute approximate surface area is 207 Å². The van der Waals surface area contributed by atoms with Gasteiger partial charge in [0.25, 0.3) is 17.7 Å². The molecule has 2 fully saturated rings. The van der Waals surface area contributed by atoms with Gasteiger partial charge in [0.05, 0.1) is 21.9 Å². The normalized spacial score (nSPS) is 25.6. The number of rotatable bonds is 6. The maximum atomic E-state index is 13.8. The summed E-state index contributed by atoms with van der Waals surface area (Å²) in [6.07, 6.45) is 4.94.